The molecule has 6 nitrogen and oxygen atoms in total. The molecule has 0 saturated heterocycles. The molecule has 3 aromatic rings. The van der Waals surface area contributed by atoms with Crippen LogP contribution in [-0.4, -0.2) is 29.7 Å². The van der Waals surface area contributed by atoms with E-state index >= 15 is 0 Å². The maximum atomic E-state index is 12.4. The van der Waals surface area contributed by atoms with E-state index in [4.69, 9.17) is 21.1 Å². The van der Waals surface area contributed by atoms with Gasteiger partial charge in [0, 0.05) is 23.0 Å². The summed E-state index contributed by atoms with van der Waals surface area (Å²) >= 11 is 6.21. The predicted octanol–water partition coefficient (Wildman–Crippen LogP) is 4.52. The standard InChI is InChI=1S/C19H18ClN3O3/c1-4-26-19(24)14-10-21-18-13(7-5-11(2)22-18)17(14)23-12-6-8-16(25-3)15(20)9-12/h5-10H,4H2,1-3H3,(H,21,22,23). The predicted molar refractivity (Wildman–Crippen MR) is 102 cm³/mol. The van der Waals surface area contributed by atoms with Crippen molar-refractivity contribution in [3.63, 3.8) is 0 Å². The molecule has 0 unspecified atom stereocenters. The molecule has 1 N–H and O–H groups in total. The van der Waals surface area contributed by atoms with Crippen LogP contribution in [0.15, 0.2) is 36.5 Å². The number of benzene rings is 1. The number of methoxy groups -OCH3 is 1. The van der Waals surface area contributed by atoms with Gasteiger partial charge in [0.2, 0.25) is 0 Å². The van der Waals surface area contributed by atoms with Crippen molar-refractivity contribution in [1.82, 2.24) is 9.97 Å². The van der Waals surface area contributed by atoms with Crippen LogP contribution >= 0.6 is 11.6 Å². The van der Waals surface area contributed by atoms with Gasteiger partial charge in [-0.05, 0) is 44.2 Å². The van der Waals surface area contributed by atoms with E-state index in [1.807, 2.05) is 25.1 Å². The molecule has 3 rings (SSSR count). The van der Waals surface area contributed by atoms with Gasteiger partial charge in [-0.25, -0.2) is 14.8 Å². The lowest BCUT2D eigenvalue weighted by atomic mass is 10.1. The summed E-state index contributed by atoms with van der Waals surface area (Å²) in [7, 11) is 1.55. The van der Waals surface area contributed by atoms with Gasteiger partial charge in [-0.2, -0.15) is 0 Å². The zero-order valence-electron chi connectivity index (χ0n) is 14.7. The molecule has 0 atom stereocenters. The fraction of sp³-hybridized carbons (Fsp3) is 0.211. The van der Waals surface area contributed by atoms with E-state index in [9.17, 15) is 4.79 Å². The Kier molecular flexibility index (Phi) is 5.23. The number of pyridine rings is 2. The third-order valence-electron chi connectivity index (χ3n) is 3.79. The van der Waals surface area contributed by atoms with Crippen molar-refractivity contribution in [3.05, 3.63) is 52.8 Å². The second-order valence-corrected chi connectivity index (χ2v) is 5.97. The molecule has 2 heterocycles. The third kappa shape index (κ3) is 3.55. The molecule has 0 bridgehead atoms. The summed E-state index contributed by atoms with van der Waals surface area (Å²) in [5.74, 6) is 0.115. The molecule has 0 aliphatic carbocycles. The summed E-state index contributed by atoms with van der Waals surface area (Å²) in [4.78, 5) is 21.1. The highest BCUT2D eigenvalue weighted by molar-refractivity contribution is 6.32. The number of fused-ring (bicyclic) bond motifs is 1. The highest BCUT2D eigenvalue weighted by Gasteiger charge is 2.18. The number of aryl methyl sites for hydroxylation is 1. The lowest BCUT2D eigenvalue weighted by Gasteiger charge is -2.15. The van der Waals surface area contributed by atoms with Crippen molar-refractivity contribution >= 4 is 40.0 Å². The van der Waals surface area contributed by atoms with Crippen LogP contribution in [0.4, 0.5) is 11.4 Å². The molecular weight excluding hydrogens is 354 g/mol. The van der Waals surface area contributed by atoms with E-state index in [1.165, 1.54) is 6.20 Å². The smallest absolute Gasteiger partial charge is 0.341 e. The van der Waals surface area contributed by atoms with Gasteiger partial charge in [0.05, 0.1) is 24.4 Å². The van der Waals surface area contributed by atoms with Gasteiger partial charge >= 0.3 is 5.97 Å². The molecule has 0 radical (unpaired) electrons. The van der Waals surface area contributed by atoms with Crippen molar-refractivity contribution in [2.75, 3.05) is 19.0 Å². The first-order valence-electron chi connectivity index (χ1n) is 8.07. The largest absolute Gasteiger partial charge is 0.495 e. The highest BCUT2D eigenvalue weighted by Crippen LogP contribution is 2.32. The lowest BCUT2D eigenvalue weighted by molar-refractivity contribution is 0.0527. The molecule has 26 heavy (non-hydrogen) atoms. The van der Waals surface area contributed by atoms with Crippen molar-refractivity contribution in [1.29, 1.82) is 0 Å². The molecule has 7 heteroatoms. The fourth-order valence-electron chi connectivity index (χ4n) is 2.56. The van der Waals surface area contributed by atoms with Crippen LogP contribution in [0.1, 0.15) is 23.0 Å². The minimum Gasteiger partial charge on any atom is -0.495 e. The molecule has 134 valence electrons. The van der Waals surface area contributed by atoms with Crippen molar-refractivity contribution in [2.45, 2.75) is 13.8 Å². The number of carbonyl (C=O) groups is 1. The van der Waals surface area contributed by atoms with Gasteiger partial charge in [0.1, 0.15) is 11.3 Å². The Morgan fingerprint density at radius 2 is 2.08 bits per heavy atom. The Bertz CT molecular complexity index is 976. The minimum atomic E-state index is -0.454. The average Bonchev–Trinajstić information content (AvgIpc) is 2.62. The number of rotatable bonds is 5. The Labute approximate surface area is 156 Å². The number of esters is 1. The number of nitrogens with one attached hydrogen (secondary N) is 1. The first kappa shape index (κ1) is 17.9. The molecule has 0 saturated carbocycles. The normalized spacial score (nSPS) is 10.6. The second kappa shape index (κ2) is 7.58. The molecule has 1 aromatic carbocycles. The zero-order valence-corrected chi connectivity index (χ0v) is 15.4. The number of hydrogen-bond acceptors (Lipinski definition) is 6. The number of anilines is 2. The molecule has 0 aliphatic heterocycles. The zero-order chi connectivity index (χ0) is 18.7. The maximum absolute atomic E-state index is 12.4. The summed E-state index contributed by atoms with van der Waals surface area (Å²) in [6.07, 6.45) is 1.47. The molecule has 0 fully saturated rings. The summed E-state index contributed by atoms with van der Waals surface area (Å²) in [5, 5.41) is 4.42. The van der Waals surface area contributed by atoms with E-state index in [2.05, 4.69) is 15.3 Å². The first-order chi connectivity index (χ1) is 12.5. The fourth-order valence-corrected chi connectivity index (χ4v) is 2.82. The number of aromatic nitrogens is 2. The lowest BCUT2D eigenvalue weighted by Crippen LogP contribution is -2.09. The number of hydrogen-bond donors (Lipinski definition) is 1. The number of nitrogens with zero attached hydrogens (tertiary/aromatic N) is 2. The number of carbonyl (C=O) groups excluding carboxylic acids is 1. The van der Waals surface area contributed by atoms with E-state index in [1.54, 1.807) is 26.2 Å². The van der Waals surface area contributed by atoms with Crippen molar-refractivity contribution < 1.29 is 14.3 Å². The van der Waals surface area contributed by atoms with Crippen LogP contribution in [0.3, 0.4) is 0 Å². The van der Waals surface area contributed by atoms with Crippen LogP contribution < -0.4 is 10.1 Å². The highest BCUT2D eigenvalue weighted by atomic mass is 35.5. The van der Waals surface area contributed by atoms with Gasteiger partial charge < -0.3 is 14.8 Å². The average molecular weight is 372 g/mol. The Morgan fingerprint density at radius 3 is 2.77 bits per heavy atom. The summed E-state index contributed by atoms with van der Waals surface area (Å²) < 4.78 is 10.3. The van der Waals surface area contributed by atoms with Gasteiger partial charge in [-0.1, -0.05) is 11.6 Å². The van der Waals surface area contributed by atoms with Crippen LogP contribution in [0.5, 0.6) is 5.75 Å². The van der Waals surface area contributed by atoms with Gasteiger partial charge in [-0.15, -0.1) is 0 Å². The van der Waals surface area contributed by atoms with Crippen LogP contribution in [0, 0.1) is 6.92 Å². The Morgan fingerprint density at radius 1 is 1.27 bits per heavy atom. The summed E-state index contributed by atoms with van der Waals surface area (Å²) in [6, 6.07) is 9.03. The maximum Gasteiger partial charge on any atom is 0.341 e. The number of ether oxygens (including phenoxy) is 2. The van der Waals surface area contributed by atoms with E-state index in [-0.39, 0.29) is 6.61 Å². The van der Waals surface area contributed by atoms with Crippen molar-refractivity contribution in [3.8, 4) is 5.75 Å². The third-order valence-corrected chi connectivity index (χ3v) is 4.08. The van der Waals surface area contributed by atoms with Crippen LogP contribution in [0.25, 0.3) is 11.0 Å². The SMILES string of the molecule is CCOC(=O)c1cnc2nc(C)ccc2c1Nc1ccc(OC)c(Cl)c1. The van der Waals surface area contributed by atoms with Crippen LogP contribution in [-0.2, 0) is 4.74 Å². The Balaban J connectivity index is 2.13. The molecule has 0 aliphatic rings. The topological polar surface area (TPSA) is 73.3 Å². The van der Waals surface area contributed by atoms with Gasteiger partial charge in [0.15, 0.2) is 5.65 Å². The second-order valence-electron chi connectivity index (χ2n) is 5.57. The molecule has 0 spiro atoms. The summed E-state index contributed by atoms with van der Waals surface area (Å²) in [6.45, 7) is 3.92. The van der Waals surface area contributed by atoms with E-state index in [0.717, 1.165) is 5.69 Å². The Hall–Kier alpha value is -2.86. The summed E-state index contributed by atoms with van der Waals surface area (Å²) in [5.41, 5.74) is 2.99. The van der Waals surface area contributed by atoms with E-state index < -0.39 is 5.97 Å². The number of halogens is 1. The van der Waals surface area contributed by atoms with Gasteiger partial charge in [-0.3, -0.25) is 0 Å². The molecular formula is C19H18ClN3O3. The monoisotopic (exact) mass is 371 g/mol. The molecule has 2 aromatic heterocycles. The quantitative estimate of drug-likeness (QED) is 0.665. The van der Waals surface area contributed by atoms with Gasteiger partial charge in [0.25, 0.3) is 0 Å². The van der Waals surface area contributed by atoms with Crippen molar-refractivity contribution in [2.24, 2.45) is 0 Å². The minimum absolute atomic E-state index is 0.275. The first-order valence-corrected chi connectivity index (χ1v) is 8.45. The van der Waals surface area contributed by atoms with Crippen LogP contribution in [0.2, 0.25) is 5.02 Å². The van der Waals surface area contributed by atoms with E-state index in [0.29, 0.717) is 38.7 Å². The molecule has 0 amide bonds.